The number of nitrogens with one attached hydrogen (secondary N) is 1. The summed E-state index contributed by atoms with van der Waals surface area (Å²) in [7, 11) is 1.39. The van der Waals surface area contributed by atoms with Gasteiger partial charge in [0.15, 0.2) is 0 Å². The Hall–Kier alpha value is -1.83. The molecule has 0 radical (unpaired) electrons. The molecule has 7 heteroatoms. The van der Waals surface area contributed by atoms with Gasteiger partial charge in [-0.2, -0.15) is 0 Å². The van der Waals surface area contributed by atoms with Crippen LogP contribution in [0.25, 0.3) is 0 Å². The highest BCUT2D eigenvalue weighted by Gasteiger charge is 2.28. The molecule has 0 fully saturated rings. The number of ether oxygens (including phenoxy) is 1. The van der Waals surface area contributed by atoms with Gasteiger partial charge in [0.1, 0.15) is 5.00 Å². The van der Waals surface area contributed by atoms with Crippen molar-refractivity contribution in [2.75, 3.05) is 31.3 Å². The molecule has 5 nitrogen and oxygen atoms in total. The molecular weight excluding hydrogens is 392 g/mol. The third-order valence-corrected chi connectivity index (χ3v) is 7.02. The van der Waals surface area contributed by atoms with E-state index in [2.05, 4.69) is 29.3 Å². The Kier molecular flexibility index (Phi) is 7.53. The number of thioether (sulfide) groups is 1. The first-order valence-electron chi connectivity index (χ1n) is 9.55. The summed E-state index contributed by atoms with van der Waals surface area (Å²) in [5, 5.41) is 3.60. The summed E-state index contributed by atoms with van der Waals surface area (Å²) >= 11 is 3.26. The number of carbonyl (C=O) groups is 2. The van der Waals surface area contributed by atoms with Gasteiger partial charge in [0.05, 0.1) is 12.7 Å². The third kappa shape index (κ3) is 5.16. The number of likely N-dealkylation sites (N-methyl/N-ethyl adjacent to an activating group) is 1. The molecule has 0 bridgehead atoms. The van der Waals surface area contributed by atoms with Crippen LogP contribution in [0.4, 0.5) is 5.00 Å². The molecule has 1 N–H and O–H groups in total. The van der Waals surface area contributed by atoms with Crippen LogP contribution in [0.2, 0.25) is 0 Å². The van der Waals surface area contributed by atoms with Gasteiger partial charge in [-0.25, -0.2) is 4.79 Å². The van der Waals surface area contributed by atoms with Gasteiger partial charge in [0, 0.05) is 29.3 Å². The second-order valence-corrected chi connectivity index (χ2v) is 8.91. The van der Waals surface area contributed by atoms with Crippen molar-refractivity contribution in [3.63, 3.8) is 0 Å². The fraction of sp³-hybridized carbons (Fsp3) is 0.429. The van der Waals surface area contributed by atoms with Gasteiger partial charge < -0.3 is 10.1 Å². The summed E-state index contributed by atoms with van der Waals surface area (Å²) in [5.41, 5.74) is 1.58. The summed E-state index contributed by atoms with van der Waals surface area (Å²) < 4.78 is 4.98. The van der Waals surface area contributed by atoms with Crippen LogP contribution in [0.15, 0.2) is 35.2 Å². The number of thiophene rings is 1. The van der Waals surface area contributed by atoms with E-state index in [1.54, 1.807) is 11.8 Å². The first-order valence-corrected chi connectivity index (χ1v) is 11.4. The van der Waals surface area contributed by atoms with E-state index in [0.29, 0.717) is 17.0 Å². The van der Waals surface area contributed by atoms with E-state index in [1.165, 1.54) is 23.3 Å². The Balaban J connectivity index is 1.60. The van der Waals surface area contributed by atoms with Crippen molar-refractivity contribution < 1.29 is 14.3 Å². The van der Waals surface area contributed by atoms with Crippen molar-refractivity contribution in [2.24, 2.45) is 0 Å². The van der Waals surface area contributed by atoms with Gasteiger partial charge in [0.2, 0.25) is 5.91 Å². The molecule has 1 aromatic heterocycles. The lowest BCUT2D eigenvalue weighted by molar-refractivity contribution is -0.116. The average molecular weight is 419 g/mol. The number of nitrogens with zero attached hydrogens (tertiary/aromatic N) is 1. The SMILES string of the molecule is CCN1CCc2c(sc(NC(=O)CCCSc3ccccc3)c2C(=O)OC)C1. The zero-order valence-electron chi connectivity index (χ0n) is 16.3. The lowest BCUT2D eigenvalue weighted by Crippen LogP contribution is -2.29. The second kappa shape index (κ2) is 10.1. The molecule has 2 heterocycles. The molecule has 2 aromatic rings. The molecule has 3 rings (SSSR count). The van der Waals surface area contributed by atoms with Crippen molar-refractivity contribution in [3.05, 3.63) is 46.3 Å². The first kappa shape index (κ1) is 20.9. The molecule has 150 valence electrons. The fourth-order valence-corrected chi connectivity index (χ4v) is 5.43. The number of methoxy groups -OCH3 is 1. The minimum atomic E-state index is -0.364. The predicted molar refractivity (Wildman–Crippen MR) is 115 cm³/mol. The van der Waals surface area contributed by atoms with Crippen molar-refractivity contribution in [2.45, 2.75) is 37.6 Å². The first-order chi connectivity index (χ1) is 13.6. The number of rotatable bonds is 8. The zero-order valence-corrected chi connectivity index (χ0v) is 18.0. The van der Waals surface area contributed by atoms with Gasteiger partial charge in [-0.05, 0) is 42.8 Å². The Labute approximate surface area is 174 Å². The standard InChI is InChI=1S/C21H26N2O3S2/c1-3-23-12-11-16-17(14-23)28-20(19(16)21(25)26-2)22-18(24)10-7-13-27-15-8-5-4-6-9-15/h4-6,8-9H,3,7,10-14H2,1-2H3,(H,22,24). The number of esters is 1. The van der Waals surface area contributed by atoms with E-state index in [4.69, 9.17) is 4.74 Å². The highest BCUT2D eigenvalue weighted by Crippen LogP contribution is 2.37. The summed E-state index contributed by atoms with van der Waals surface area (Å²) in [5.74, 6) is 0.468. The van der Waals surface area contributed by atoms with Crippen molar-refractivity contribution in [1.29, 1.82) is 0 Å². The van der Waals surface area contributed by atoms with E-state index in [0.717, 1.165) is 48.7 Å². The molecule has 0 spiro atoms. The summed E-state index contributed by atoms with van der Waals surface area (Å²) in [6.07, 6.45) is 2.03. The third-order valence-electron chi connectivity index (χ3n) is 4.79. The molecule has 1 aliphatic rings. The van der Waals surface area contributed by atoms with E-state index in [-0.39, 0.29) is 11.9 Å². The fourth-order valence-electron chi connectivity index (χ4n) is 3.26. The van der Waals surface area contributed by atoms with Gasteiger partial charge in [-0.3, -0.25) is 9.69 Å². The smallest absolute Gasteiger partial charge is 0.341 e. The van der Waals surface area contributed by atoms with Gasteiger partial charge in [-0.15, -0.1) is 23.1 Å². The quantitative estimate of drug-likeness (QED) is 0.391. The van der Waals surface area contributed by atoms with Crippen molar-refractivity contribution in [3.8, 4) is 0 Å². The lowest BCUT2D eigenvalue weighted by atomic mass is 10.0. The number of anilines is 1. The van der Waals surface area contributed by atoms with Crippen LogP contribution in [-0.2, 0) is 22.5 Å². The number of fused-ring (bicyclic) bond motifs is 1. The minimum Gasteiger partial charge on any atom is -0.465 e. The van der Waals surface area contributed by atoms with E-state index < -0.39 is 0 Å². The number of amides is 1. The largest absolute Gasteiger partial charge is 0.465 e. The maximum Gasteiger partial charge on any atom is 0.341 e. The molecule has 1 aromatic carbocycles. The molecule has 0 atom stereocenters. The molecule has 1 aliphatic heterocycles. The Morgan fingerprint density at radius 3 is 2.79 bits per heavy atom. The Morgan fingerprint density at radius 1 is 1.29 bits per heavy atom. The van der Waals surface area contributed by atoms with E-state index in [1.807, 2.05) is 18.2 Å². The molecular formula is C21H26N2O3S2. The number of hydrogen-bond acceptors (Lipinski definition) is 6. The second-order valence-electron chi connectivity index (χ2n) is 6.63. The monoisotopic (exact) mass is 418 g/mol. The number of benzene rings is 1. The predicted octanol–water partition coefficient (Wildman–Crippen LogP) is 4.42. The van der Waals surface area contributed by atoms with Crippen LogP contribution >= 0.6 is 23.1 Å². The highest BCUT2D eigenvalue weighted by molar-refractivity contribution is 7.99. The van der Waals surface area contributed by atoms with Crippen molar-refractivity contribution >= 4 is 40.0 Å². The molecule has 0 aliphatic carbocycles. The molecule has 0 unspecified atom stereocenters. The van der Waals surface area contributed by atoms with Crippen molar-refractivity contribution in [1.82, 2.24) is 4.90 Å². The van der Waals surface area contributed by atoms with Crippen LogP contribution in [0.1, 0.15) is 40.6 Å². The zero-order chi connectivity index (χ0) is 19.9. The van der Waals surface area contributed by atoms with Crippen LogP contribution in [0, 0.1) is 0 Å². The molecule has 1 amide bonds. The Bertz CT molecular complexity index is 821. The van der Waals surface area contributed by atoms with Gasteiger partial charge >= 0.3 is 5.97 Å². The normalized spacial score (nSPS) is 13.8. The summed E-state index contributed by atoms with van der Waals surface area (Å²) in [4.78, 5) is 29.5. The lowest BCUT2D eigenvalue weighted by Gasteiger charge is -2.25. The van der Waals surface area contributed by atoms with E-state index in [9.17, 15) is 9.59 Å². The van der Waals surface area contributed by atoms with Gasteiger partial charge in [0.25, 0.3) is 0 Å². The minimum absolute atomic E-state index is 0.0511. The Morgan fingerprint density at radius 2 is 2.07 bits per heavy atom. The number of hydrogen-bond donors (Lipinski definition) is 1. The highest BCUT2D eigenvalue weighted by atomic mass is 32.2. The number of carbonyl (C=O) groups excluding carboxylic acids is 2. The van der Waals surface area contributed by atoms with Crippen LogP contribution < -0.4 is 5.32 Å². The van der Waals surface area contributed by atoms with Crippen LogP contribution in [0.5, 0.6) is 0 Å². The topological polar surface area (TPSA) is 58.6 Å². The molecule has 0 saturated heterocycles. The van der Waals surface area contributed by atoms with Crippen LogP contribution in [-0.4, -0.2) is 42.7 Å². The maximum atomic E-state index is 12.4. The van der Waals surface area contributed by atoms with E-state index >= 15 is 0 Å². The average Bonchev–Trinajstić information content (AvgIpc) is 3.08. The summed E-state index contributed by atoms with van der Waals surface area (Å²) in [6, 6.07) is 10.2. The molecule has 28 heavy (non-hydrogen) atoms. The van der Waals surface area contributed by atoms with Gasteiger partial charge in [-0.1, -0.05) is 25.1 Å². The summed E-state index contributed by atoms with van der Waals surface area (Å²) in [6.45, 7) is 4.86. The van der Waals surface area contributed by atoms with Crippen LogP contribution in [0.3, 0.4) is 0 Å². The maximum absolute atomic E-state index is 12.4. The molecule has 0 saturated carbocycles.